The third kappa shape index (κ3) is 3.06. The number of carbonyl (C=O) groups excluding carboxylic acids is 1. The van der Waals surface area contributed by atoms with E-state index in [9.17, 15) is 4.79 Å². The number of ketones is 1. The quantitative estimate of drug-likeness (QED) is 0.848. The predicted molar refractivity (Wildman–Crippen MR) is 79.9 cm³/mol. The summed E-state index contributed by atoms with van der Waals surface area (Å²) in [4.78, 5) is 12.4. The average molecular weight is 269 g/mol. The minimum absolute atomic E-state index is 0.0454. The number of rotatable bonds is 5. The van der Waals surface area contributed by atoms with Crippen molar-refractivity contribution in [3.63, 3.8) is 0 Å². The van der Waals surface area contributed by atoms with E-state index in [0.29, 0.717) is 5.56 Å². The number of hydrogen-bond acceptors (Lipinski definition) is 3. The van der Waals surface area contributed by atoms with Gasteiger partial charge in [0.05, 0.1) is 7.11 Å². The van der Waals surface area contributed by atoms with Crippen molar-refractivity contribution in [2.75, 3.05) is 7.11 Å². The highest BCUT2D eigenvalue weighted by Gasteiger charge is 2.23. The monoisotopic (exact) mass is 269 g/mol. The molecule has 2 aromatic rings. The highest BCUT2D eigenvalue weighted by molar-refractivity contribution is 5.98. The van der Waals surface area contributed by atoms with Gasteiger partial charge in [-0.05, 0) is 29.8 Å². The van der Waals surface area contributed by atoms with Gasteiger partial charge in [0.2, 0.25) is 0 Å². The van der Waals surface area contributed by atoms with Gasteiger partial charge >= 0.3 is 0 Å². The average Bonchev–Trinajstić information content (AvgIpc) is 2.53. The van der Waals surface area contributed by atoms with E-state index < -0.39 is 0 Å². The van der Waals surface area contributed by atoms with Crippen molar-refractivity contribution in [1.29, 1.82) is 0 Å². The molecule has 0 aliphatic rings. The second-order valence-electron chi connectivity index (χ2n) is 4.82. The molecular weight excluding hydrogens is 250 g/mol. The van der Waals surface area contributed by atoms with E-state index >= 15 is 0 Å². The molecule has 3 heteroatoms. The SMILES string of the molecule is COc1ccc(C(=O)C(C)C(N)c2ccccc2)cc1. The van der Waals surface area contributed by atoms with Crippen molar-refractivity contribution in [3.05, 3.63) is 65.7 Å². The van der Waals surface area contributed by atoms with E-state index in [2.05, 4.69) is 0 Å². The Hall–Kier alpha value is -2.13. The topological polar surface area (TPSA) is 52.3 Å². The lowest BCUT2D eigenvalue weighted by atomic mass is 9.89. The number of carbonyl (C=O) groups is 1. The first-order valence-electron chi connectivity index (χ1n) is 6.62. The van der Waals surface area contributed by atoms with E-state index in [1.807, 2.05) is 37.3 Å². The van der Waals surface area contributed by atoms with Gasteiger partial charge in [0.15, 0.2) is 5.78 Å². The maximum Gasteiger partial charge on any atom is 0.167 e. The first-order valence-corrected chi connectivity index (χ1v) is 6.62. The summed E-state index contributed by atoms with van der Waals surface area (Å²) in [6, 6.07) is 16.5. The van der Waals surface area contributed by atoms with Crippen LogP contribution in [0.1, 0.15) is 28.9 Å². The largest absolute Gasteiger partial charge is 0.497 e. The van der Waals surface area contributed by atoms with Crippen LogP contribution in [-0.2, 0) is 0 Å². The molecule has 104 valence electrons. The number of ether oxygens (including phenoxy) is 1. The standard InChI is InChI=1S/C17H19NO2/c1-12(16(18)13-6-4-3-5-7-13)17(19)14-8-10-15(20-2)11-9-14/h3-12,16H,18H2,1-2H3. The molecule has 2 atom stereocenters. The van der Waals surface area contributed by atoms with Crippen molar-refractivity contribution in [2.45, 2.75) is 13.0 Å². The molecule has 0 saturated carbocycles. The summed E-state index contributed by atoms with van der Waals surface area (Å²) >= 11 is 0. The Bertz CT molecular complexity index is 563. The minimum atomic E-state index is -0.300. The molecule has 2 unspecified atom stereocenters. The van der Waals surface area contributed by atoms with Gasteiger partial charge in [0, 0.05) is 17.5 Å². The Balaban J connectivity index is 2.15. The minimum Gasteiger partial charge on any atom is -0.497 e. The third-order valence-corrected chi connectivity index (χ3v) is 3.51. The van der Waals surface area contributed by atoms with Gasteiger partial charge in [0.1, 0.15) is 5.75 Å². The molecule has 0 amide bonds. The van der Waals surface area contributed by atoms with Crippen LogP contribution in [0, 0.1) is 5.92 Å². The molecule has 3 nitrogen and oxygen atoms in total. The molecule has 0 bridgehead atoms. The van der Waals surface area contributed by atoms with Crippen LogP contribution in [0.25, 0.3) is 0 Å². The fraction of sp³-hybridized carbons (Fsp3) is 0.235. The molecule has 0 aliphatic carbocycles. The zero-order valence-corrected chi connectivity index (χ0v) is 11.7. The Morgan fingerprint density at radius 2 is 1.65 bits per heavy atom. The fourth-order valence-corrected chi connectivity index (χ4v) is 2.15. The normalized spacial score (nSPS) is 13.6. The zero-order valence-electron chi connectivity index (χ0n) is 11.7. The van der Waals surface area contributed by atoms with Crippen LogP contribution >= 0.6 is 0 Å². The van der Waals surface area contributed by atoms with Crippen LogP contribution in [0.4, 0.5) is 0 Å². The van der Waals surface area contributed by atoms with Gasteiger partial charge in [-0.2, -0.15) is 0 Å². The lowest BCUT2D eigenvalue weighted by Crippen LogP contribution is -2.26. The molecule has 2 aromatic carbocycles. The van der Waals surface area contributed by atoms with Crippen LogP contribution in [0.15, 0.2) is 54.6 Å². The van der Waals surface area contributed by atoms with E-state index in [1.54, 1.807) is 31.4 Å². The Kier molecular flexibility index (Phi) is 4.53. The number of Topliss-reactive ketones (excluding diaryl/α,β-unsaturated/α-hetero) is 1. The number of nitrogens with two attached hydrogens (primary N) is 1. The molecule has 20 heavy (non-hydrogen) atoms. The van der Waals surface area contributed by atoms with Gasteiger partial charge < -0.3 is 10.5 Å². The second-order valence-corrected chi connectivity index (χ2v) is 4.82. The Morgan fingerprint density at radius 3 is 2.20 bits per heavy atom. The van der Waals surface area contributed by atoms with E-state index in [1.165, 1.54) is 0 Å². The van der Waals surface area contributed by atoms with Crippen molar-refractivity contribution >= 4 is 5.78 Å². The summed E-state index contributed by atoms with van der Waals surface area (Å²) in [5.74, 6) is 0.511. The zero-order chi connectivity index (χ0) is 14.5. The summed E-state index contributed by atoms with van der Waals surface area (Å²) in [5, 5.41) is 0. The summed E-state index contributed by atoms with van der Waals surface area (Å²) in [6.45, 7) is 1.87. The predicted octanol–water partition coefficient (Wildman–Crippen LogP) is 3.21. The molecule has 0 saturated heterocycles. The van der Waals surface area contributed by atoms with E-state index in [4.69, 9.17) is 10.5 Å². The summed E-state index contributed by atoms with van der Waals surface area (Å²) < 4.78 is 5.09. The number of hydrogen-bond donors (Lipinski definition) is 1. The van der Waals surface area contributed by atoms with Crippen LogP contribution in [0.3, 0.4) is 0 Å². The molecule has 0 fully saturated rings. The smallest absolute Gasteiger partial charge is 0.167 e. The van der Waals surface area contributed by atoms with Gasteiger partial charge in [-0.15, -0.1) is 0 Å². The lowest BCUT2D eigenvalue weighted by molar-refractivity contribution is 0.0913. The summed E-state index contributed by atoms with van der Waals surface area (Å²) in [5.41, 5.74) is 7.82. The highest BCUT2D eigenvalue weighted by atomic mass is 16.5. The highest BCUT2D eigenvalue weighted by Crippen LogP contribution is 2.23. The van der Waals surface area contributed by atoms with Crippen LogP contribution in [-0.4, -0.2) is 12.9 Å². The molecule has 0 radical (unpaired) electrons. The first kappa shape index (κ1) is 14.3. The molecule has 2 rings (SSSR count). The molecule has 0 spiro atoms. The second kappa shape index (κ2) is 6.35. The molecule has 0 aliphatic heterocycles. The van der Waals surface area contributed by atoms with Crippen molar-refractivity contribution in [1.82, 2.24) is 0 Å². The van der Waals surface area contributed by atoms with Crippen LogP contribution in [0.5, 0.6) is 5.75 Å². The number of benzene rings is 2. The van der Waals surface area contributed by atoms with E-state index in [-0.39, 0.29) is 17.7 Å². The molecular formula is C17H19NO2. The lowest BCUT2D eigenvalue weighted by Gasteiger charge is -2.19. The first-order chi connectivity index (χ1) is 9.63. The van der Waals surface area contributed by atoms with Crippen LogP contribution < -0.4 is 10.5 Å². The van der Waals surface area contributed by atoms with Gasteiger partial charge in [0.25, 0.3) is 0 Å². The number of methoxy groups -OCH3 is 1. The Morgan fingerprint density at radius 1 is 1.05 bits per heavy atom. The summed E-state index contributed by atoms with van der Waals surface area (Å²) in [7, 11) is 1.60. The summed E-state index contributed by atoms with van der Waals surface area (Å²) in [6.07, 6.45) is 0. The third-order valence-electron chi connectivity index (χ3n) is 3.51. The van der Waals surface area contributed by atoms with Crippen molar-refractivity contribution < 1.29 is 9.53 Å². The van der Waals surface area contributed by atoms with Crippen LogP contribution in [0.2, 0.25) is 0 Å². The molecule has 0 aromatic heterocycles. The fourth-order valence-electron chi connectivity index (χ4n) is 2.15. The van der Waals surface area contributed by atoms with Gasteiger partial charge in [-0.25, -0.2) is 0 Å². The van der Waals surface area contributed by atoms with Crippen molar-refractivity contribution in [2.24, 2.45) is 11.7 Å². The van der Waals surface area contributed by atoms with Crippen molar-refractivity contribution in [3.8, 4) is 5.75 Å². The molecule has 0 heterocycles. The maximum atomic E-state index is 12.4. The Labute approximate surface area is 119 Å². The van der Waals surface area contributed by atoms with E-state index in [0.717, 1.165) is 11.3 Å². The van der Waals surface area contributed by atoms with Gasteiger partial charge in [-0.1, -0.05) is 37.3 Å². The molecule has 2 N–H and O–H groups in total. The maximum absolute atomic E-state index is 12.4. The van der Waals surface area contributed by atoms with Gasteiger partial charge in [-0.3, -0.25) is 4.79 Å².